The van der Waals surface area contributed by atoms with E-state index in [1.54, 1.807) is 0 Å². The van der Waals surface area contributed by atoms with Crippen molar-refractivity contribution < 1.29 is 22.3 Å². The molecule has 2 rings (SSSR count). The van der Waals surface area contributed by atoms with Crippen LogP contribution in [-0.2, 0) is 6.18 Å². The van der Waals surface area contributed by atoms with Gasteiger partial charge in [0.1, 0.15) is 17.3 Å². The van der Waals surface area contributed by atoms with E-state index in [9.17, 15) is 17.6 Å². The lowest BCUT2D eigenvalue weighted by Crippen LogP contribution is -2.07. The quantitative estimate of drug-likeness (QED) is 0.684. The van der Waals surface area contributed by atoms with Crippen LogP contribution in [0.5, 0.6) is 11.5 Å². The van der Waals surface area contributed by atoms with Crippen molar-refractivity contribution in [3.63, 3.8) is 0 Å². The third-order valence-corrected chi connectivity index (χ3v) is 3.19. The highest BCUT2D eigenvalue weighted by atomic mass is 79.9. The zero-order chi connectivity index (χ0) is 15.6. The molecule has 7 heteroatoms. The fourth-order valence-electron chi connectivity index (χ4n) is 1.61. The first-order valence-electron chi connectivity index (χ1n) is 5.55. The van der Waals surface area contributed by atoms with Gasteiger partial charge in [0.25, 0.3) is 0 Å². The van der Waals surface area contributed by atoms with Crippen molar-refractivity contribution in [1.82, 2.24) is 0 Å². The van der Waals surface area contributed by atoms with Crippen LogP contribution in [0, 0.1) is 17.1 Å². The Hall–Kier alpha value is -2.07. The molecular weight excluding hydrogens is 354 g/mol. The standard InChI is InChI=1S/C14H6BrF4NO/c15-12-4-1-9(16)6-13(12)21-10-2-3-11(14(17,18)19)8(5-10)7-20/h1-6H. The number of hydrogen-bond acceptors (Lipinski definition) is 2. The van der Waals surface area contributed by atoms with Crippen LogP contribution in [0.15, 0.2) is 40.9 Å². The molecule has 0 saturated carbocycles. The van der Waals surface area contributed by atoms with Gasteiger partial charge < -0.3 is 4.74 Å². The Morgan fingerprint density at radius 3 is 2.43 bits per heavy atom. The molecule has 0 fully saturated rings. The molecular formula is C14H6BrF4NO. The van der Waals surface area contributed by atoms with Crippen LogP contribution in [-0.4, -0.2) is 0 Å². The summed E-state index contributed by atoms with van der Waals surface area (Å²) >= 11 is 3.13. The third kappa shape index (κ3) is 3.52. The molecule has 0 aliphatic carbocycles. The van der Waals surface area contributed by atoms with Crippen molar-refractivity contribution >= 4 is 15.9 Å². The Morgan fingerprint density at radius 2 is 1.81 bits per heavy atom. The zero-order valence-corrected chi connectivity index (χ0v) is 11.8. The number of alkyl halides is 3. The Morgan fingerprint density at radius 1 is 1.10 bits per heavy atom. The summed E-state index contributed by atoms with van der Waals surface area (Å²) in [7, 11) is 0. The Bertz CT molecular complexity index is 722. The second kappa shape index (κ2) is 5.74. The van der Waals surface area contributed by atoms with Crippen LogP contribution in [0.4, 0.5) is 17.6 Å². The smallest absolute Gasteiger partial charge is 0.417 e. The molecule has 0 unspecified atom stereocenters. The van der Waals surface area contributed by atoms with E-state index >= 15 is 0 Å². The van der Waals surface area contributed by atoms with Gasteiger partial charge in [0.15, 0.2) is 0 Å². The lowest BCUT2D eigenvalue weighted by molar-refractivity contribution is -0.137. The van der Waals surface area contributed by atoms with E-state index in [-0.39, 0.29) is 11.5 Å². The molecule has 2 nitrogen and oxygen atoms in total. The van der Waals surface area contributed by atoms with Gasteiger partial charge in [-0.15, -0.1) is 0 Å². The van der Waals surface area contributed by atoms with E-state index in [0.717, 1.165) is 24.3 Å². The fraction of sp³-hybridized carbons (Fsp3) is 0.0714. The summed E-state index contributed by atoms with van der Waals surface area (Å²) in [6.07, 6.45) is -4.62. The first kappa shape index (κ1) is 15.3. The van der Waals surface area contributed by atoms with Gasteiger partial charge in [-0.3, -0.25) is 0 Å². The summed E-state index contributed by atoms with van der Waals surface area (Å²) in [6, 6.07) is 7.93. The van der Waals surface area contributed by atoms with Crippen molar-refractivity contribution in [3.8, 4) is 17.6 Å². The van der Waals surface area contributed by atoms with Gasteiger partial charge in [0, 0.05) is 6.07 Å². The molecule has 0 N–H and O–H groups in total. The number of benzene rings is 2. The number of hydrogen-bond donors (Lipinski definition) is 0. The number of ether oxygens (including phenoxy) is 1. The summed E-state index contributed by atoms with van der Waals surface area (Å²) in [5.41, 5.74) is -1.61. The minimum absolute atomic E-state index is 0.00542. The van der Waals surface area contributed by atoms with Gasteiger partial charge in [-0.2, -0.15) is 18.4 Å². The third-order valence-electron chi connectivity index (χ3n) is 2.54. The number of halogens is 5. The normalized spacial score (nSPS) is 11.0. The van der Waals surface area contributed by atoms with Gasteiger partial charge in [0.05, 0.1) is 21.7 Å². The van der Waals surface area contributed by atoms with Gasteiger partial charge in [-0.25, -0.2) is 4.39 Å². The van der Waals surface area contributed by atoms with Crippen molar-refractivity contribution in [2.45, 2.75) is 6.18 Å². The van der Waals surface area contributed by atoms with E-state index in [1.807, 2.05) is 0 Å². The molecule has 2 aromatic carbocycles. The molecule has 0 radical (unpaired) electrons. The molecule has 2 aromatic rings. The largest absolute Gasteiger partial charge is 0.456 e. The second-order valence-electron chi connectivity index (χ2n) is 3.99. The summed E-state index contributed by atoms with van der Waals surface area (Å²) in [4.78, 5) is 0. The molecule has 0 saturated heterocycles. The molecule has 0 aromatic heterocycles. The first-order valence-corrected chi connectivity index (χ1v) is 6.35. The molecule has 0 atom stereocenters. The van der Waals surface area contributed by atoms with E-state index in [4.69, 9.17) is 10.00 Å². The maximum absolute atomic E-state index is 13.1. The zero-order valence-electron chi connectivity index (χ0n) is 10.2. The molecule has 0 bridgehead atoms. The average Bonchev–Trinajstić information content (AvgIpc) is 2.41. The van der Waals surface area contributed by atoms with Crippen LogP contribution in [0.1, 0.15) is 11.1 Å². The maximum Gasteiger partial charge on any atom is 0.417 e. The topological polar surface area (TPSA) is 33.0 Å². The number of rotatable bonds is 2. The Labute approximate surface area is 125 Å². The highest BCUT2D eigenvalue weighted by Gasteiger charge is 2.33. The van der Waals surface area contributed by atoms with Gasteiger partial charge in [-0.1, -0.05) is 0 Å². The van der Waals surface area contributed by atoms with E-state index in [2.05, 4.69) is 15.9 Å². The van der Waals surface area contributed by atoms with Crippen LogP contribution in [0.25, 0.3) is 0 Å². The molecule has 0 heterocycles. The van der Waals surface area contributed by atoms with E-state index < -0.39 is 23.1 Å². The molecule has 21 heavy (non-hydrogen) atoms. The highest BCUT2D eigenvalue weighted by molar-refractivity contribution is 9.10. The fourth-order valence-corrected chi connectivity index (χ4v) is 1.94. The van der Waals surface area contributed by atoms with E-state index in [0.29, 0.717) is 4.47 Å². The van der Waals surface area contributed by atoms with Gasteiger partial charge in [-0.05, 0) is 46.3 Å². The number of nitrogens with zero attached hydrogens (tertiary/aromatic N) is 1. The molecule has 0 amide bonds. The first-order chi connectivity index (χ1) is 9.81. The molecule has 0 aliphatic heterocycles. The second-order valence-corrected chi connectivity index (χ2v) is 4.85. The minimum Gasteiger partial charge on any atom is -0.456 e. The minimum atomic E-state index is -4.62. The predicted molar refractivity (Wildman–Crippen MR) is 70.3 cm³/mol. The summed E-state index contributed by atoms with van der Waals surface area (Å²) < 4.78 is 56.8. The van der Waals surface area contributed by atoms with Crippen molar-refractivity contribution in [2.75, 3.05) is 0 Å². The summed E-state index contributed by atoms with van der Waals surface area (Å²) in [6.45, 7) is 0. The van der Waals surface area contributed by atoms with Crippen LogP contribution < -0.4 is 4.74 Å². The summed E-state index contributed by atoms with van der Waals surface area (Å²) in [5, 5.41) is 8.80. The van der Waals surface area contributed by atoms with Crippen molar-refractivity contribution in [3.05, 3.63) is 57.8 Å². The van der Waals surface area contributed by atoms with Crippen molar-refractivity contribution in [2.24, 2.45) is 0 Å². The van der Waals surface area contributed by atoms with Gasteiger partial charge >= 0.3 is 6.18 Å². The van der Waals surface area contributed by atoms with Crippen LogP contribution in [0.2, 0.25) is 0 Å². The lowest BCUT2D eigenvalue weighted by Gasteiger charge is -2.12. The monoisotopic (exact) mass is 359 g/mol. The average molecular weight is 360 g/mol. The van der Waals surface area contributed by atoms with Crippen LogP contribution in [0.3, 0.4) is 0 Å². The summed E-state index contributed by atoms with van der Waals surface area (Å²) in [5.74, 6) is -0.454. The molecule has 0 aliphatic rings. The van der Waals surface area contributed by atoms with Crippen LogP contribution >= 0.6 is 15.9 Å². The SMILES string of the molecule is N#Cc1cc(Oc2cc(F)ccc2Br)ccc1C(F)(F)F. The predicted octanol–water partition coefficient (Wildman–Crippen LogP) is 5.27. The molecule has 108 valence electrons. The Kier molecular flexibility index (Phi) is 4.19. The van der Waals surface area contributed by atoms with Gasteiger partial charge in [0.2, 0.25) is 0 Å². The van der Waals surface area contributed by atoms with E-state index in [1.165, 1.54) is 18.2 Å². The molecule has 0 spiro atoms. The Balaban J connectivity index is 2.39. The van der Waals surface area contributed by atoms with Crippen molar-refractivity contribution in [1.29, 1.82) is 5.26 Å². The lowest BCUT2D eigenvalue weighted by atomic mass is 10.1. The maximum atomic E-state index is 13.1. The highest BCUT2D eigenvalue weighted by Crippen LogP contribution is 2.35. The number of nitriles is 1.